The average molecular weight is 233 g/mol. The Labute approximate surface area is 99.2 Å². The van der Waals surface area contributed by atoms with Gasteiger partial charge < -0.3 is 14.8 Å². The highest BCUT2D eigenvalue weighted by Crippen LogP contribution is 2.30. The van der Waals surface area contributed by atoms with Crippen LogP contribution in [0.15, 0.2) is 18.3 Å². The van der Waals surface area contributed by atoms with Gasteiger partial charge in [0.25, 0.3) is 0 Å². The number of hydrogen-bond acceptors (Lipinski definition) is 2. The van der Waals surface area contributed by atoms with Gasteiger partial charge in [-0.15, -0.1) is 0 Å². The molecule has 1 heterocycles. The van der Waals surface area contributed by atoms with Crippen molar-refractivity contribution in [3.8, 4) is 5.75 Å². The standard InChI is InChI=1S/C13H15NO3/c1-8-3-5-10(17-2)13-12(8)9(7-14-13)4-6-11(15)16/h3,5,7,14H,4,6H2,1-2H3,(H,15,16). The van der Waals surface area contributed by atoms with Crippen LogP contribution in [-0.4, -0.2) is 23.2 Å². The number of aromatic nitrogens is 1. The summed E-state index contributed by atoms with van der Waals surface area (Å²) in [7, 11) is 1.63. The fourth-order valence-corrected chi connectivity index (χ4v) is 2.09. The lowest BCUT2D eigenvalue weighted by atomic mass is 10.0. The van der Waals surface area contributed by atoms with Crippen LogP contribution in [-0.2, 0) is 11.2 Å². The maximum Gasteiger partial charge on any atom is 0.303 e. The highest BCUT2D eigenvalue weighted by Gasteiger charge is 2.11. The second-order valence-corrected chi connectivity index (χ2v) is 4.04. The van der Waals surface area contributed by atoms with Gasteiger partial charge in [0.1, 0.15) is 5.75 Å². The molecule has 0 fully saturated rings. The minimum atomic E-state index is -0.778. The SMILES string of the molecule is COc1ccc(C)c2c(CCC(=O)O)c[nH]c12. The number of methoxy groups -OCH3 is 1. The third-order valence-electron chi connectivity index (χ3n) is 2.92. The number of aromatic amines is 1. The second-order valence-electron chi connectivity index (χ2n) is 4.04. The molecule has 0 spiro atoms. The largest absolute Gasteiger partial charge is 0.495 e. The first-order valence-electron chi connectivity index (χ1n) is 5.49. The van der Waals surface area contributed by atoms with Gasteiger partial charge in [-0.3, -0.25) is 4.79 Å². The summed E-state index contributed by atoms with van der Waals surface area (Å²) in [5.41, 5.74) is 3.09. The minimum Gasteiger partial charge on any atom is -0.495 e. The number of hydrogen-bond donors (Lipinski definition) is 2. The molecule has 0 unspecified atom stereocenters. The number of ether oxygens (including phenoxy) is 1. The van der Waals surface area contributed by atoms with Crippen molar-refractivity contribution >= 4 is 16.9 Å². The first kappa shape index (κ1) is 11.5. The van der Waals surface area contributed by atoms with E-state index in [9.17, 15) is 4.79 Å². The number of aryl methyl sites for hydroxylation is 2. The van der Waals surface area contributed by atoms with Crippen LogP contribution >= 0.6 is 0 Å². The molecule has 0 aliphatic heterocycles. The normalized spacial score (nSPS) is 10.7. The maximum atomic E-state index is 10.6. The lowest BCUT2D eigenvalue weighted by molar-refractivity contribution is -0.136. The zero-order chi connectivity index (χ0) is 12.4. The molecule has 2 aromatic rings. The zero-order valence-corrected chi connectivity index (χ0v) is 9.91. The Balaban J connectivity index is 2.48. The summed E-state index contributed by atoms with van der Waals surface area (Å²) in [6.07, 6.45) is 2.54. The van der Waals surface area contributed by atoms with Gasteiger partial charge in [-0.05, 0) is 30.5 Å². The van der Waals surface area contributed by atoms with Crippen LogP contribution in [0.2, 0.25) is 0 Å². The van der Waals surface area contributed by atoms with Crippen LogP contribution in [0.4, 0.5) is 0 Å². The van der Waals surface area contributed by atoms with Crippen LogP contribution in [0.1, 0.15) is 17.5 Å². The van der Waals surface area contributed by atoms with Crippen molar-refractivity contribution in [3.63, 3.8) is 0 Å². The average Bonchev–Trinajstić information content (AvgIpc) is 2.72. The third-order valence-corrected chi connectivity index (χ3v) is 2.92. The summed E-state index contributed by atoms with van der Waals surface area (Å²) < 4.78 is 5.27. The van der Waals surface area contributed by atoms with Gasteiger partial charge in [0.2, 0.25) is 0 Å². The number of carboxylic acid groups (broad SMARTS) is 1. The Morgan fingerprint density at radius 2 is 2.24 bits per heavy atom. The molecular weight excluding hydrogens is 218 g/mol. The molecule has 0 atom stereocenters. The first-order chi connectivity index (χ1) is 8.13. The molecular formula is C13H15NO3. The third kappa shape index (κ3) is 2.11. The van der Waals surface area contributed by atoms with Crippen molar-refractivity contribution in [3.05, 3.63) is 29.5 Å². The molecule has 0 amide bonds. The summed E-state index contributed by atoms with van der Waals surface area (Å²) in [5, 5.41) is 9.79. The molecule has 0 aliphatic carbocycles. The smallest absolute Gasteiger partial charge is 0.303 e. The molecule has 0 bridgehead atoms. The van der Waals surface area contributed by atoms with Gasteiger partial charge in [0.15, 0.2) is 0 Å². The van der Waals surface area contributed by atoms with E-state index in [1.807, 2.05) is 25.3 Å². The Morgan fingerprint density at radius 3 is 2.88 bits per heavy atom. The molecule has 0 saturated heterocycles. The van der Waals surface area contributed by atoms with Gasteiger partial charge in [-0.2, -0.15) is 0 Å². The van der Waals surface area contributed by atoms with Crippen LogP contribution in [0.25, 0.3) is 10.9 Å². The highest BCUT2D eigenvalue weighted by atomic mass is 16.5. The van der Waals surface area contributed by atoms with E-state index in [1.54, 1.807) is 7.11 Å². The number of H-pyrrole nitrogens is 1. The molecule has 2 rings (SSSR count). The van der Waals surface area contributed by atoms with Gasteiger partial charge in [-0.1, -0.05) is 6.07 Å². The van der Waals surface area contributed by atoms with Gasteiger partial charge in [-0.25, -0.2) is 0 Å². The van der Waals surface area contributed by atoms with Crippen LogP contribution in [0.3, 0.4) is 0 Å². The van der Waals surface area contributed by atoms with Crippen molar-refractivity contribution in [2.75, 3.05) is 7.11 Å². The molecule has 4 heteroatoms. The summed E-state index contributed by atoms with van der Waals surface area (Å²) in [5.74, 6) is 0.00655. The van der Waals surface area contributed by atoms with Gasteiger partial charge in [0, 0.05) is 18.0 Å². The van der Waals surface area contributed by atoms with E-state index in [-0.39, 0.29) is 6.42 Å². The Bertz CT molecular complexity index is 557. The topological polar surface area (TPSA) is 62.3 Å². The van der Waals surface area contributed by atoms with E-state index >= 15 is 0 Å². The van der Waals surface area contributed by atoms with Crippen molar-refractivity contribution in [1.82, 2.24) is 4.98 Å². The van der Waals surface area contributed by atoms with Crippen molar-refractivity contribution in [2.24, 2.45) is 0 Å². The van der Waals surface area contributed by atoms with E-state index in [1.165, 1.54) is 0 Å². The zero-order valence-electron chi connectivity index (χ0n) is 9.91. The number of carbonyl (C=O) groups is 1. The summed E-state index contributed by atoms with van der Waals surface area (Å²) in [4.78, 5) is 13.8. The first-order valence-corrected chi connectivity index (χ1v) is 5.49. The van der Waals surface area contributed by atoms with Crippen molar-refractivity contribution in [1.29, 1.82) is 0 Å². The molecule has 1 aromatic carbocycles. The van der Waals surface area contributed by atoms with E-state index < -0.39 is 5.97 Å². The van der Waals surface area contributed by atoms with E-state index in [0.717, 1.165) is 27.8 Å². The molecule has 4 nitrogen and oxygen atoms in total. The predicted molar refractivity (Wildman–Crippen MR) is 65.5 cm³/mol. The fourth-order valence-electron chi connectivity index (χ4n) is 2.09. The van der Waals surface area contributed by atoms with E-state index in [2.05, 4.69) is 4.98 Å². The second kappa shape index (κ2) is 4.49. The van der Waals surface area contributed by atoms with Gasteiger partial charge >= 0.3 is 5.97 Å². The Kier molecular flexibility index (Phi) is 3.04. The van der Waals surface area contributed by atoms with E-state index in [4.69, 9.17) is 9.84 Å². The van der Waals surface area contributed by atoms with E-state index in [0.29, 0.717) is 6.42 Å². The number of aliphatic carboxylic acids is 1. The summed E-state index contributed by atoms with van der Waals surface area (Å²) >= 11 is 0. The van der Waals surface area contributed by atoms with Crippen molar-refractivity contribution in [2.45, 2.75) is 19.8 Å². The fraction of sp³-hybridized carbons (Fsp3) is 0.308. The highest BCUT2D eigenvalue weighted by molar-refractivity contribution is 5.91. The molecule has 0 aliphatic rings. The van der Waals surface area contributed by atoms with Crippen LogP contribution in [0, 0.1) is 6.92 Å². The monoisotopic (exact) mass is 233 g/mol. The van der Waals surface area contributed by atoms with Crippen LogP contribution in [0.5, 0.6) is 5.75 Å². The molecule has 17 heavy (non-hydrogen) atoms. The number of benzene rings is 1. The minimum absolute atomic E-state index is 0.142. The van der Waals surface area contributed by atoms with Crippen molar-refractivity contribution < 1.29 is 14.6 Å². The number of rotatable bonds is 4. The lowest BCUT2D eigenvalue weighted by Gasteiger charge is -2.05. The molecule has 0 saturated carbocycles. The number of nitrogens with one attached hydrogen (secondary N) is 1. The summed E-state index contributed by atoms with van der Waals surface area (Å²) in [6, 6.07) is 3.90. The summed E-state index contributed by atoms with van der Waals surface area (Å²) in [6.45, 7) is 2.01. The Hall–Kier alpha value is -1.97. The number of fused-ring (bicyclic) bond motifs is 1. The maximum absolute atomic E-state index is 10.6. The predicted octanol–water partition coefficient (Wildman–Crippen LogP) is 2.50. The molecule has 2 N–H and O–H groups in total. The quantitative estimate of drug-likeness (QED) is 0.852. The molecule has 0 radical (unpaired) electrons. The van der Waals surface area contributed by atoms with Crippen LogP contribution < -0.4 is 4.74 Å². The van der Waals surface area contributed by atoms with Gasteiger partial charge in [0.05, 0.1) is 12.6 Å². The molecule has 1 aromatic heterocycles. The lowest BCUT2D eigenvalue weighted by Crippen LogP contribution is -1.97. The molecule has 90 valence electrons. The number of carboxylic acids is 1. The Morgan fingerprint density at radius 1 is 1.47 bits per heavy atom.